The zero-order valence-electron chi connectivity index (χ0n) is 11.2. The summed E-state index contributed by atoms with van der Waals surface area (Å²) in [6.07, 6.45) is 0. The number of benzene rings is 2. The first-order chi connectivity index (χ1) is 10.1. The number of hydrogen-bond donors (Lipinski definition) is 1. The van der Waals surface area contributed by atoms with Crippen molar-refractivity contribution in [1.82, 2.24) is 5.16 Å². The van der Waals surface area contributed by atoms with Gasteiger partial charge in [-0.25, -0.2) is 4.39 Å². The topological polar surface area (TPSA) is 52.0 Å². The summed E-state index contributed by atoms with van der Waals surface area (Å²) in [5.74, 6) is -0.0787. The maximum Gasteiger partial charge on any atom is 0.230 e. The van der Waals surface area contributed by atoms with E-state index in [-0.39, 0.29) is 11.7 Å². The molecule has 1 aromatic heterocycles. The van der Waals surface area contributed by atoms with E-state index in [2.05, 4.69) is 21.1 Å². The van der Waals surface area contributed by atoms with Gasteiger partial charge in [-0.1, -0.05) is 51.4 Å². The minimum Gasteiger partial charge on any atom is -0.367 e. The molecule has 0 aliphatic heterocycles. The number of aryl methyl sites for hydroxylation is 1. The number of nitrogens with zero attached hydrogens (tertiary/aromatic N) is 1. The number of nitrogen functional groups attached to an aromatic ring is 1. The van der Waals surface area contributed by atoms with Crippen molar-refractivity contribution >= 4 is 21.8 Å². The summed E-state index contributed by atoms with van der Waals surface area (Å²) in [6.45, 7) is 1.71. The summed E-state index contributed by atoms with van der Waals surface area (Å²) in [5.41, 5.74) is 9.15. The van der Waals surface area contributed by atoms with E-state index in [0.29, 0.717) is 22.4 Å². The molecule has 3 rings (SSSR count). The average molecular weight is 347 g/mol. The first-order valence-corrected chi connectivity index (χ1v) is 7.14. The van der Waals surface area contributed by atoms with Gasteiger partial charge in [-0.2, -0.15) is 0 Å². The number of nitrogens with two attached hydrogens (primary N) is 1. The van der Waals surface area contributed by atoms with Crippen LogP contribution in [-0.4, -0.2) is 5.16 Å². The summed E-state index contributed by atoms with van der Waals surface area (Å²) in [4.78, 5) is 0. The molecule has 2 aromatic carbocycles. The average Bonchev–Trinajstić information content (AvgIpc) is 2.84. The molecule has 0 atom stereocenters. The van der Waals surface area contributed by atoms with Crippen molar-refractivity contribution < 1.29 is 8.91 Å². The number of anilines is 1. The van der Waals surface area contributed by atoms with Crippen molar-refractivity contribution in [2.45, 2.75) is 6.92 Å². The largest absolute Gasteiger partial charge is 0.367 e. The molecule has 5 heteroatoms. The van der Waals surface area contributed by atoms with E-state index >= 15 is 0 Å². The Morgan fingerprint density at radius 3 is 2.67 bits per heavy atom. The predicted molar refractivity (Wildman–Crippen MR) is 84.2 cm³/mol. The third-order valence-electron chi connectivity index (χ3n) is 3.31. The molecule has 0 aliphatic carbocycles. The van der Waals surface area contributed by atoms with Crippen LogP contribution in [0.3, 0.4) is 0 Å². The van der Waals surface area contributed by atoms with E-state index in [0.717, 1.165) is 10.0 Å². The molecule has 0 radical (unpaired) electrons. The quantitative estimate of drug-likeness (QED) is 0.724. The summed E-state index contributed by atoms with van der Waals surface area (Å²) in [7, 11) is 0. The molecule has 0 saturated heterocycles. The summed E-state index contributed by atoms with van der Waals surface area (Å²) < 4.78 is 19.8. The zero-order valence-corrected chi connectivity index (χ0v) is 12.8. The van der Waals surface area contributed by atoms with Crippen LogP contribution in [0.15, 0.2) is 51.5 Å². The van der Waals surface area contributed by atoms with Crippen molar-refractivity contribution in [3.05, 3.63) is 58.3 Å². The van der Waals surface area contributed by atoms with Gasteiger partial charge in [-0.05, 0) is 24.6 Å². The highest BCUT2D eigenvalue weighted by Crippen LogP contribution is 2.39. The molecule has 3 aromatic rings. The van der Waals surface area contributed by atoms with Gasteiger partial charge in [-0.15, -0.1) is 0 Å². The maximum atomic E-state index is 13.8. The third kappa shape index (κ3) is 2.45. The second-order valence-corrected chi connectivity index (χ2v) is 5.57. The SMILES string of the molecule is Cc1ccc(-c2noc(N)c2-c2ccccc2Br)cc1F. The van der Waals surface area contributed by atoms with Crippen LogP contribution in [0.5, 0.6) is 0 Å². The van der Waals surface area contributed by atoms with Crippen LogP contribution >= 0.6 is 15.9 Å². The Morgan fingerprint density at radius 1 is 1.19 bits per heavy atom. The molecule has 1 heterocycles. The van der Waals surface area contributed by atoms with Gasteiger partial charge in [-0.3, -0.25) is 0 Å². The van der Waals surface area contributed by atoms with Crippen LogP contribution < -0.4 is 5.73 Å². The normalized spacial score (nSPS) is 10.8. The fourth-order valence-corrected chi connectivity index (χ4v) is 2.65. The molecule has 0 unspecified atom stereocenters. The molecule has 0 fully saturated rings. The van der Waals surface area contributed by atoms with Crippen LogP contribution in [0, 0.1) is 12.7 Å². The lowest BCUT2D eigenvalue weighted by molar-refractivity contribution is 0.439. The second kappa shape index (κ2) is 5.33. The minimum atomic E-state index is -0.285. The van der Waals surface area contributed by atoms with Crippen molar-refractivity contribution in [2.24, 2.45) is 0 Å². The van der Waals surface area contributed by atoms with Gasteiger partial charge >= 0.3 is 0 Å². The van der Waals surface area contributed by atoms with Gasteiger partial charge in [0.25, 0.3) is 0 Å². The molecule has 0 aliphatic rings. The molecule has 0 amide bonds. The van der Waals surface area contributed by atoms with Crippen molar-refractivity contribution in [3.8, 4) is 22.4 Å². The highest BCUT2D eigenvalue weighted by atomic mass is 79.9. The van der Waals surface area contributed by atoms with E-state index in [9.17, 15) is 4.39 Å². The number of rotatable bonds is 2. The summed E-state index contributed by atoms with van der Waals surface area (Å²) >= 11 is 3.49. The zero-order chi connectivity index (χ0) is 15.0. The number of aromatic nitrogens is 1. The lowest BCUT2D eigenvalue weighted by Gasteiger charge is -2.06. The third-order valence-corrected chi connectivity index (χ3v) is 4.00. The van der Waals surface area contributed by atoms with Crippen molar-refractivity contribution in [1.29, 1.82) is 0 Å². The monoisotopic (exact) mass is 346 g/mol. The van der Waals surface area contributed by atoms with Gasteiger partial charge in [0.05, 0.1) is 5.56 Å². The Balaban J connectivity index is 2.22. The Hall–Kier alpha value is -2.14. The van der Waals surface area contributed by atoms with Crippen LogP contribution in [0.4, 0.5) is 10.3 Å². The molecular weight excluding hydrogens is 335 g/mol. The van der Waals surface area contributed by atoms with E-state index < -0.39 is 0 Å². The van der Waals surface area contributed by atoms with Crippen LogP contribution in [0.2, 0.25) is 0 Å². The molecule has 2 N–H and O–H groups in total. The second-order valence-electron chi connectivity index (χ2n) is 4.71. The molecular formula is C16H12BrFN2O. The minimum absolute atomic E-state index is 0.206. The molecule has 0 saturated carbocycles. The van der Waals surface area contributed by atoms with E-state index in [1.165, 1.54) is 6.07 Å². The Bertz CT molecular complexity index is 814. The predicted octanol–water partition coefficient (Wildman–Crippen LogP) is 4.80. The van der Waals surface area contributed by atoms with Crippen molar-refractivity contribution in [3.63, 3.8) is 0 Å². The van der Waals surface area contributed by atoms with Crippen LogP contribution in [0.1, 0.15) is 5.56 Å². The lowest BCUT2D eigenvalue weighted by Crippen LogP contribution is -1.90. The molecule has 3 nitrogen and oxygen atoms in total. The smallest absolute Gasteiger partial charge is 0.230 e. The Labute approximate surface area is 129 Å². The highest BCUT2D eigenvalue weighted by molar-refractivity contribution is 9.10. The molecule has 0 spiro atoms. The standard InChI is InChI=1S/C16H12BrFN2O/c1-9-6-7-10(8-13(9)18)15-14(16(19)21-20-15)11-4-2-3-5-12(11)17/h2-8H,19H2,1H3. The fourth-order valence-electron chi connectivity index (χ4n) is 2.16. The highest BCUT2D eigenvalue weighted by Gasteiger charge is 2.19. The number of hydrogen-bond acceptors (Lipinski definition) is 3. The van der Waals surface area contributed by atoms with E-state index in [1.54, 1.807) is 19.1 Å². The van der Waals surface area contributed by atoms with Crippen molar-refractivity contribution in [2.75, 3.05) is 5.73 Å². The lowest BCUT2D eigenvalue weighted by atomic mass is 10.00. The molecule has 106 valence electrons. The first-order valence-electron chi connectivity index (χ1n) is 6.34. The summed E-state index contributed by atoms with van der Waals surface area (Å²) in [5, 5.41) is 3.99. The van der Waals surface area contributed by atoms with Gasteiger partial charge in [0, 0.05) is 15.6 Å². The molecule has 0 bridgehead atoms. The fraction of sp³-hybridized carbons (Fsp3) is 0.0625. The van der Waals surface area contributed by atoms with Gasteiger partial charge in [0.1, 0.15) is 11.5 Å². The van der Waals surface area contributed by atoms with E-state index in [4.69, 9.17) is 10.3 Å². The van der Waals surface area contributed by atoms with Crippen LogP contribution in [0.25, 0.3) is 22.4 Å². The Morgan fingerprint density at radius 2 is 1.95 bits per heavy atom. The maximum absolute atomic E-state index is 13.8. The van der Waals surface area contributed by atoms with E-state index in [1.807, 2.05) is 24.3 Å². The first kappa shape index (κ1) is 13.8. The molecule has 21 heavy (non-hydrogen) atoms. The number of halogens is 2. The van der Waals surface area contributed by atoms with Gasteiger partial charge in [0.15, 0.2) is 0 Å². The van der Waals surface area contributed by atoms with Crippen LogP contribution in [-0.2, 0) is 0 Å². The van der Waals surface area contributed by atoms with Gasteiger partial charge in [0.2, 0.25) is 5.88 Å². The Kier molecular flexibility index (Phi) is 3.51. The summed E-state index contributed by atoms with van der Waals surface area (Å²) in [6, 6.07) is 12.6. The van der Waals surface area contributed by atoms with Gasteiger partial charge < -0.3 is 10.3 Å².